The van der Waals surface area contributed by atoms with E-state index in [4.69, 9.17) is 0 Å². The highest BCUT2D eigenvalue weighted by atomic mass is 15.0. The Morgan fingerprint density at radius 3 is 3.24 bits per heavy atom. The average Bonchev–Trinajstić information content (AvgIpc) is 2.39. The first-order chi connectivity index (χ1) is 8.40. The predicted molar refractivity (Wildman–Crippen MR) is 70.8 cm³/mol. The van der Waals surface area contributed by atoms with Gasteiger partial charge in [-0.2, -0.15) is 0 Å². The molecule has 0 aromatic rings. The van der Waals surface area contributed by atoms with Crippen molar-refractivity contribution in [2.45, 2.75) is 57.4 Å². The lowest BCUT2D eigenvalue weighted by Crippen LogP contribution is -2.57. The molecular weight excluding hydrogens is 206 g/mol. The van der Waals surface area contributed by atoms with Gasteiger partial charge in [0.15, 0.2) is 0 Å². The maximum atomic E-state index is 3.81. The summed E-state index contributed by atoms with van der Waals surface area (Å²) < 4.78 is 0. The van der Waals surface area contributed by atoms with E-state index in [9.17, 15) is 0 Å². The number of rotatable bonds is 0. The summed E-state index contributed by atoms with van der Waals surface area (Å²) in [5.41, 5.74) is 4.24. The predicted octanol–water partition coefficient (Wildman–Crippen LogP) is 3.58. The fourth-order valence-corrected chi connectivity index (χ4v) is 5.24. The molecule has 1 nitrogen and oxygen atoms in total. The molecule has 92 valence electrons. The smallest absolute Gasteiger partial charge is 0.0144 e. The van der Waals surface area contributed by atoms with Crippen LogP contribution in [0.15, 0.2) is 23.3 Å². The molecule has 4 rings (SSSR count). The Hall–Kier alpha value is -0.560. The summed E-state index contributed by atoms with van der Waals surface area (Å²) in [6.07, 6.45) is 16.2. The Kier molecular flexibility index (Phi) is 2.27. The Morgan fingerprint density at radius 1 is 1.24 bits per heavy atom. The van der Waals surface area contributed by atoms with E-state index in [0.717, 1.165) is 12.0 Å². The van der Waals surface area contributed by atoms with E-state index in [2.05, 4.69) is 17.5 Å². The SMILES string of the molecule is C1=CC2=C(CC1)C13CCCCC1C(C2)NCC3. The van der Waals surface area contributed by atoms with Gasteiger partial charge < -0.3 is 5.32 Å². The summed E-state index contributed by atoms with van der Waals surface area (Å²) in [5.74, 6) is 0.968. The zero-order valence-corrected chi connectivity index (χ0v) is 10.7. The van der Waals surface area contributed by atoms with Crippen molar-refractivity contribution in [2.24, 2.45) is 11.3 Å². The van der Waals surface area contributed by atoms with Crippen molar-refractivity contribution in [1.29, 1.82) is 0 Å². The molecule has 0 spiro atoms. The highest BCUT2D eigenvalue weighted by Gasteiger charge is 2.51. The summed E-state index contributed by atoms with van der Waals surface area (Å²) in [6.45, 7) is 1.27. The second-order valence-electron chi connectivity index (χ2n) is 6.47. The Bertz CT molecular complexity index is 388. The van der Waals surface area contributed by atoms with Gasteiger partial charge in [0, 0.05) is 6.04 Å². The van der Waals surface area contributed by atoms with E-state index in [1.54, 1.807) is 5.57 Å². The molecule has 0 amide bonds. The van der Waals surface area contributed by atoms with Gasteiger partial charge in [-0.15, -0.1) is 0 Å². The fourth-order valence-electron chi connectivity index (χ4n) is 5.24. The van der Waals surface area contributed by atoms with Crippen molar-refractivity contribution in [3.63, 3.8) is 0 Å². The Labute approximate surface area is 104 Å². The number of hydrogen-bond acceptors (Lipinski definition) is 1. The summed E-state index contributed by atoms with van der Waals surface area (Å²) in [6, 6.07) is 0.797. The van der Waals surface area contributed by atoms with Gasteiger partial charge in [0.25, 0.3) is 0 Å². The van der Waals surface area contributed by atoms with Crippen LogP contribution in [0.4, 0.5) is 0 Å². The van der Waals surface area contributed by atoms with Crippen LogP contribution in [0, 0.1) is 11.3 Å². The Balaban J connectivity index is 1.85. The standard InChI is InChI=1S/C16H23N/c1-2-6-13-12(5-1)11-15-14-7-3-4-8-16(13,14)9-10-17-15/h1,5,14-15,17H,2-4,6-11H2. The molecule has 1 heterocycles. The molecular formula is C16H23N. The summed E-state index contributed by atoms with van der Waals surface area (Å²) >= 11 is 0. The number of hydrogen-bond donors (Lipinski definition) is 1. The van der Waals surface area contributed by atoms with Gasteiger partial charge in [0.05, 0.1) is 0 Å². The van der Waals surface area contributed by atoms with Crippen LogP contribution in [-0.4, -0.2) is 12.6 Å². The Morgan fingerprint density at radius 2 is 2.24 bits per heavy atom. The van der Waals surface area contributed by atoms with Crippen LogP contribution in [0.25, 0.3) is 0 Å². The largest absolute Gasteiger partial charge is 0.313 e. The molecule has 2 bridgehead atoms. The molecule has 1 N–H and O–H groups in total. The third-order valence-corrected chi connectivity index (χ3v) is 5.87. The van der Waals surface area contributed by atoms with Crippen LogP contribution < -0.4 is 5.32 Å². The summed E-state index contributed by atoms with van der Waals surface area (Å²) in [7, 11) is 0. The van der Waals surface area contributed by atoms with Gasteiger partial charge in [0.2, 0.25) is 0 Å². The molecule has 3 unspecified atom stereocenters. The highest BCUT2D eigenvalue weighted by molar-refractivity contribution is 5.39. The molecule has 3 aliphatic carbocycles. The third kappa shape index (κ3) is 1.35. The van der Waals surface area contributed by atoms with E-state index in [-0.39, 0.29) is 0 Å². The lowest BCUT2D eigenvalue weighted by molar-refractivity contribution is 0.0404. The normalized spacial score (nSPS) is 44.2. The first-order valence-electron chi connectivity index (χ1n) is 7.53. The van der Waals surface area contributed by atoms with Crippen LogP contribution in [0.3, 0.4) is 0 Å². The van der Waals surface area contributed by atoms with Gasteiger partial charge in [0.1, 0.15) is 0 Å². The highest BCUT2D eigenvalue weighted by Crippen LogP contribution is 2.58. The molecule has 1 aliphatic heterocycles. The van der Waals surface area contributed by atoms with Gasteiger partial charge >= 0.3 is 0 Å². The zero-order chi connectivity index (χ0) is 11.3. The molecule has 3 atom stereocenters. The first-order valence-corrected chi connectivity index (χ1v) is 7.53. The van der Waals surface area contributed by atoms with Crippen molar-refractivity contribution < 1.29 is 0 Å². The van der Waals surface area contributed by atoms with E-state index < -0.39 is 0 Å². The van der Waals surface area contributed by atoms with Gasteiger partial charge in [-0.1, -0.05) is 30.6 Å². The minimum atomic E-state index is 0.631. The lowest BCUT2D eigenvalue weighted by atomic mass is 9.51. The minimum Gasteiger partial charge on any atom is -0.313 e. The van der Waals surface area contributed by atoms with E-state index in [0.29, 0.717) is 5.41 Å². The van der Waals surface area contributed by atoms with Gasteiger partial charge in [-0.3, -0.25) is 0 Å². The maximum absolute atomic E-state index is 3.81. The van der Waals surface area contributed by atoms with E-state index in [1.165, 1.54) is 57.9 Å². The van der Waals surface area contributed by atoms with Crippen molar-refractivity contribution in [2.75, 3.05) is 6.54 Å². The summed E-state index contributed by atoms with van der Waals surface area (Å²) in [5, 5.41) is 3.81. The molecule has 0 aromatic heterocycles. The van der Waals surface area contributed by atoms with E-state index >= 15 is 0 Å². The van der Waals surface area contributed by atoms with Crippen LogP contribution in [-0.2, 0) is 0 Å². The van der Waals surface area contributed by atoms with Crippen molar-refractivity contribution in [1.82, 2.24) is 5.32 Å². The first kappa shape index (κ1) is 10.4. The molecule has 4 aliphatic rings. The molecule has 17 heavy (non-hydrogen) atoms. The van der Waals surface area contributed by atoms with Crippen molar-refractivity contribution >= 4 is 0 Å². The van der Waals surface area contributed by atoms with E-state index in [1.807, 2.05) is 5.57 Å². The van der Waals surface area contributed by atoms with Gasteiger partial charge in [-0.05, 0) is 62.0 Å². The van der Waals surface area contributed by atoms with Crippen LogP contribution in [0.2, 0.25) is 0 Å². The molecule has 2 fully saturated rings. The number of allylic oxidation sites excluding steroid dienone is 3. The van der Waals surface area contributed by atoms with Crippen molar-refractivity contribution in [3.8, 4) is 0 Å². The molecule has 0 aromatic carbocycles. The quantitative estimate of drug-likeness (QED) is 0.669. The average molecular weight is 229 g/mol. The van der Waals surface area contributed by atoms with Gasteiger partial charge in [-0.25, -0.2) is 0 Å². The summed E-state index contributed by atoms with van der Waals surface area (Å²) in [4.78, 5) is 0. The lowest BCUT2D eigenvalue weighted by Gasteiger charge is -2.57. The van der Waals surface area contributed by atoms with Crippen molar-refractivity contribution in [3.05, 3.63) is 23.3 Å². The van der Waals surface area contributed by atoms with Crippen LogP contribution >= 0.6 is 0 Å². The fraction of sp³-hybridized carbons (Fsp3) is 0.750. The monoisotopic (exact) mass is 229 g/mol. The zero-order valence-electron chi connectivity index (χ0n) is 10.7. The molecule has 1 heteroatoms. The second-order valence-corrected chi connectivity index (χ2v) is 6.47. The molecule has 1 saturated carbocycles. The van der Waals surface area contributed by atoms with Crippen LogP contribution in [0.1, 0.15) is 51.4 Å². The maximum Gasteiger partial charge on any atom is 0.0144 e. The topological polar surface area (TPSA) is 12.0 Å². The second kappa shape index (κ2) is 3.71. The third-order valence-electron chi connectivity index (χ3n) is 5.87. The van der Waals surface area contributed by atoms with Crippen LogP contribution in [0.5, 0.6) is 0 Å². The number of nitrogens with one attached hydrogen (secondary N) is 1. The molecule has 1 saturated heterocycles. The molecule has 0 radical (unpaired) electrons. The minimum absolute atomic E-state index is 0.631. The number of piperidine rings is 1.